The summed E-state index contributed by atoms with van der Waals surface area (Å²) in [6.07, 6.45) is 0.651. The highest BCUT2D eigenvalue weighted by molar-refractivity contribution is 6.00. The summed E-state index contributed by atoms with van der Waals surface area (Å²) in [5, 5.41) is 2.91. The summed E-state index contributed by atoms with van der Waals surface area (Å²) < 4.78 is 11.4. The normalized spacial score (nSPS) is 13.3. The molecule has 0 saturated carbocycles. The van der Waals surface area contributed by atoms with Gasteiger partial charge >= 0.3 is 5.97 Å². The van der Waals surface area contributed by atoms with Gasteiger partial charge in [0.25, 0.3) is 5.91 Å². The number of amides is 1. The number of carbonyl (C=O) groups is 2. The van der Waals surface area contributed by atoms with Crippen molar-refractivity contribution in [3.05, 3.63) is 101 Å². The number of benzene rings is 3. The van der Waals surface area contributed by atoms with Gasteiger partial charge in [-0.1, -0.05) is 60.7 Å². The molecule has 0 spiro atoms. The number of esters is 1. The molecule has 1 amide bonds. The Morgan fingerprint density at radius 1 is 0.968 bits per heavy atom. The van der Waals surface area contributed by atoms with E-state index >= 15 is 0 Å². The van der Waals surface area contributed by atoms with Crippen molar-refractivity contribution in [1.82, 2.24) is 0 Å². The maximum Gasteiger partial charge on any atom is 0.338 e. The number of aryl methyl sites for hydroxylation is 2. The Balaban J connectivity index is 1.59. The van der Waals surface area contributed by atoms with Gasteiger partial charge in [0.1, 0.15) is 12.4 Å². The molecule has 3 aromatic rings. The van der Waals surface area contributed by atoms with Crippen LogP contribution in [0.5, 0.6) is 5.75 Å². The van der Waals surface area contributed by atoms with Gasteiger partial charge in [-0.05, 0) is 43.2 Å². The third-order valence-corrected chi connectivity index (χ3v) is 5.11. The smallest absolute Gasteiger partial charge is 0.338 e. The molecule has 0 unspecified atom stereocenters. The Kier molecular flexibility index (Phi) is 5.85. The molecule has 5 heteroatoms. The molecule has 0 bridgehead atoms. The van der Waals surface area contributed by atoms with Gasteiger partial charge in [0.05, 0.1) is 5.57 Å². The van der Waals surface area contributed by atoms with Crippen LogP contribution in [0.15, 0.2) is 78.4 Å². The van der Waals surface area contributed by atoms with E-state index in [0.717, 1.165) is 16.7 Å². The van der Waals surface area contributed by atoms with Crippen LogP contribution in [0.3, 0.4) is 0 Å². The number of fused-ring (bicyclic) bond motifs is 1. The zero-order chi connectivity index (χ0) is 21.8. The minimum atomic E-state index is -1.09. The molecule has 0 fully saturated rings. The van der Waals surface area contributed by atoms with E-state index in [-0.39, 0.29) is 6.61 Å². The van der Waals surface area contributed by atoms with Crippen molar-refractivity contribution in [2.75, 3.05) is 11.9 Å². The molecular formula is C26H23NO4. The van der Waals surface area contributed by atoms with Crippen molar-refractivity contribution in [3.8, 4) is 5.75 Å². The van der Waals surface area contributed by atoms with Crippen molar-refractivity contribution < 1.29 is 19.1 Å². The first-order valence-electron chi connectivity index (χ1n) is 10.1. The number of carbonyl (C=O) groups excluding carboxylic acids is 2. The first-order valence-corrected chi connectivity index (χ1v) is 10.1. The number of hydrogen-bond donors (Lipinski definition) is 1. The highest BCUT2D eigenvalue weighted by Gasteiger charge is 2.28. The monoisotopic (exact) mass is 413 g/mol. The molecule has 1 heterocycles. The van der Waals surface area contributed by atoms with Crippen LogP contribution in [0.1, 0.15) is 28.4 Å². The van der Waals surface area contributed by atoms with Gasteiger partial charge in [-0.25, -0.2) is 4.79 Å². The van der Waals surface area contributed by atoms with Crippen LogP contribution in [0.4, 0.5) is 5.69 Å². The van der Waals surface area contributed by atoms with Gasteiger partial charge in [-0.2, -0.15) is 0 Å². The molecule has 0 saturated heterocycles. The average Bonchev–Trinajstić information content (AvgIpc) is 2.80. The lowest BCUT2D eigenvalue weighted by atomic mass is 10.1. The van der Waals surface area contributed by atoms with Crippen LogP contribution in [0.25, 0.3) is 6.08 Å². The Labute approximate surface area is 181 Å². The van der Waals surface area contributed by atoms with Crippen LogP contribution in [0, 0.1) is 13.8 Å². The number of nitrogens with one attached hydrogen (secondary N) is 1. The predicted molar refractivity (Wildman–Crippen MR) is 120 cm³/mol. The van der Waals surface area contributed by atoms with Crippen molar-refractivity contribution in [2.24, 2.45) is 0 Å². The standard InChI is InChI=1S/C26H23NO4/c1-17-12-13-18(2)22(14-17)27-25(28)24(19-8-4-3-5-9-19)31-26(29)21-15-20-10-6-7-11-23(20)30-16-21/h3-15,24H,16H2,1-2H3,(H,27,28)/t24-/m0/s1. The predicted octanol–water partition coefficient (Wildman–Crippen LogP) is 5.00. The highest BCUT2D eigenvalue weighted by Crippen LogP contribution is 2.28. The zero-order valence-corrected chi connectivity index (χ0v) is 17.4. The highest BCUT2D eigenvalue weighted by atomic mass is 16.6. The van der Waals surface area contributed by atoms with E-state index in [0.29, 0.717) is 22.6 Å². The van der Waals surface area contributed by atoms with Crippen LogP contribution in [-0.4, -0.2) is 18.5 Å². The van der Waals surface area contributed by atoms with E-state index in [4.69, 9.17) is 9.47 Å². The van der Waals surface area contributed by atoms with E-state index in [1.54, 1.807) is 30.3 Å². The molecule has 1 N–H and O–H groups in total. The SMILES string of the molecule is Cc1ccc(C)c(NC(=O)[C@@H](OC(=O)C2=Cc3ccccc3OC2)c2ccccc2)c1. The number of para-hydroxylation sites is 1. The Morgan fingerprint density at radius 2 is 1.71 bits per heavy atom. The van der Waals surface area contributed by atoms with Crippen molar-refractivity contribution in [1.29, 1.82) is 0 Å². The van der Waals surface area contributed by atoms with Crippen LogP contribution < -0.4 is 10.1 Å². The first kappa shape index (κ1) is 20.4. The van der Waals surface area contributed by atoms with Gasteiger partial charge in [0.15, 0.2) is 0 Å². The number of hydrogen-bond acceptors (Lipinski definition) is 4. The molecular weight excluding hydrogens is 390 g/mol. The Bertz CT molecular complexity index is 1150. The summed E-state index contributed by atoms with van der Waals surface area (Å²) in [6, 6.07) is 22.3. The summed E-state index contributed by atoms with van der Waals surface area (Å²) >= 11 is 0. The molecule has 0 aromatic heterocycles. The second kappa shape index (κ2) is 8.88. The minimum absolute atomic E-state index is 0.0932. The fourth-order valence-corrected chi connectivity index (χ4v) is 3.39. The Morgan fingerprint density at radius 3 is 2.52 bits per heavy atom. The fourth-order valence-electron chi connectivity index (χ4n) is 3.39. The second-order valence-corrected chi connectivity index (χ2v) is 7.50. The minimum Gasteiger partial charge on any atom is -0.488 e. The molecule has 5 nitrogen and oxygen atoms in total. The molecule has 1 aliphatic heterocycles. The maximum absolute atomic E-state index is 13.2. The molecule has 156 valence electrons. The summed E-state index contributed by atoms with van der Waals surface area (Å²) in [6.45, 7) is 3.97. The number of rotatable bonds is 5. The van der Waals surface area contributed by atoms with E-state index in [1.165, 1.54) is 0 Å². The number of anilines is 1. The molecule has 1 atom stereocenters. The van der Waals surface area contributed by atoms with E-state index < -0.39 is 18.0 Å². The van der Waals surface area contributed by atoms with Gasteiger partial charge < -0.3 is 14.8 Å². The van der Waals surface area contributed by atoms with Gasteiger partial charge in [0.2, 0.25) is 6.10 Å². The lowest BCUT2D eigenvalue weighted by Crippen LogP contribution is -2.28. The first-order chi connectivity index (χ1) is 15.0. The fraction of sp³-hybridized carbons (Fsp3) is 0.154. The van der Waals surface area contributed by atoms with Crippen molar-refractivity contribution >= 4 is 23.6 Å². The summed E-state index contributed by atoms with van der Waals surface area (Å²) in [5.41, 5.74) is 4.40. The van der Waals surface area contributed by atoms with Gasteiger partial charge in [0, 0.05) is 16.8 Å². The van der Waals surface area contributed by atoms with E-state index in [1.807, 2.05) is 62.4 Å². The maximum atomic E-state index is 13.2. The van der Waals surface area contributed by atoms with Crippen LogP contribution in [0.2, 0.25) is 0 Å². The summed E-state index contributed by atoms with van der Waals surface area (Å²) in [4.78, 5) is 26.1. The third kappa shape index (κ3) is 4.67. The summed E-state index contributed by atoms with van der Waals surface area (Å²) in [7, 11) is 0. The number of ether oxygens (including phenoxy) is 2. The van der Waals surface area contributed by atoms with Crippen molar-refractivity contribution in [2.45, 2.75) is 20.0 Å². The largest absolute Gasteiger partial charge is 0.488 e. The lowest BCUT2D eigenvalue weighted by molar-refractivity contribution is -0.151. The molecule has 3 aromatic carbocycles. The van der Waals surface area contributed by atoms with Crippen molar-refractivity contribution in [3.63, 3.8) is 0 Å². The van der Waals surface area contributed by atoms with Crippen LogP contribution in [-0.2, 0) is 14.3 Å². The third-order valence-electron chi connectivity index (χ3n) is 5.11. The van der Waals surface area contributed by atoms with E-state index in [2.05, 4.69) is 5.32 Å². The Hall–Kier alpha value is -3.86. The second-order valence-electron chi connectivity index (χ2n) is 7.50. The molecule has 31 heavy (non-hydrogen) atoms. The van der Waals surface area contributed by atoms with E-state index in [9.17, 15) is 9.59 Å². The van der Waals surface area contributed by atoms with Crippen LogP contribution >= 0.6 is 0 Å². The molecule has 0 aliphatic carbocycles. The molecule has 0 radical (unpaired) electrons. The van der Waals surface area contributed by atoms with Gasteiger partial charge in [-0.15, -0.1) is 0 Å². The molecule has 4 rings (SSSR count). The molecule has 1 aliphatic rings. The zero-order valence-electron chi connectivity index (χ0n) is 17.4. The lowest BCUT2D eigenvalue weighted by Gasteiger charge is -2.21. The average molecular weight is 413 g/mol. The van der Waals surface area contributed by atoms with Gasteiger partial charge in [-0.3, -0.25) is 4.79 Å². The topological polar surface area (TPSA) is 64.6 Å². The quantitative estimate of drug-likeness (QED) is 0.598. The summed E-state index contributed by atoms with van der Waals surface area (Å²) in [5.74, 6) is -0.281.